The van der Waals surface area contributed by atoms with E-state index in [1.807, 2.05) is 30.5 Å². The molecule has 0 saturated heterocycles. The quantitative estimate of drug-likeness (QED) is 0.768. The predicted molar refractivity (Wildman–Crippen MR) is 64.1 cm³/mol. The van der Waals surface area contributed by atoms with Gasteiger partial charge in [-0.25, -0.2) is 4.68 Å². The third-order valence-electron chi connectivity index (χ3n) is 2.57. The minimum atomic E-state index is 0.414. The molecule has 88 valence electrons. The first-order valence-electron chi connectivity index (χ1n) is 5.37. The van der Waals surface area contributed by atoms with Gasteiger partial charge in [0.2, 0.25) is 0 Å². The van der Waals surface area contributed by atoms with Crippen molar-refractivity contribution in [3.05, 3.63) is 36.2 Å². The number of hydrogen-bond acceptors (Lipinski definition) is 3. The molecule has 0 unspecified atom stereocenters. The maximum atomic E-state index is 5.72. The Morgan fingerprint density at radius 2 is 2.00 bits per heavy atom. The van der Waals surface area contributed by atoms with E-state index in [9.17, 15) is 0 Å². The van der Waals surface area contributed by atoms with Gasteiger partial charge in [0.25, 0.3) is 0 Å². The van der Waals surface area contributed by atoms with E-state index >= 15 is 0 Å². The first kappa shape index (κ1) is 10.5. The van der Waals surface area contributed by atoms with E-state index in [0.29, 0.717) is 19.1 Å². The lowest BCUT2D eigenvalue weighted by molar-refractivity contribution is 0.171. The number of fused-ring (bicyclic) bond motifs is 1. The van der Waals surface area contributed by atoms with Gasteiger partial charge in [-0.05, 0) is 18.2 Å². The van der Waals surface area contributed by atoms with E-state index < -0.39 is 0 Å². The van der Waals surface area contributed by atoms with Crippen LogP contribution in [0.15, 0.2) is 30.5 Å². The number of halogens is 1. The second-order valence-electron chi connectivity index (χ2n) is 3.71. The largest absolute Gasteiger partial charge is 0.486 e. The number of rotatable bonds is 2. The Morgan fingerprint density at radius 1 is 1.18 bits per heavy atom. The van der Waals surface area contributed by atoms with E-state index in [4.69, 9.17) is 21.1 Å². The maximum Gasteiger partial charge on any atom is 0.163 e. The van der Waals surface area contributed by atoms with Crippen LogP contribution in [0.4, 0.5) is 0 Å². The van der Waals surface area contributed by atoms with Gasteiger partial charge in [-0.15, -0.1) is 11.6 Å². The lowest BCUT2D eigenvalue weighted by Crippen LogP contribution is -2.15. The van der Waals surface area contributed by atoms with Crippen molar-refractivity contribution in [2.24, 2.45) is 0 Å². The summed E-state index contributed by atoms with van der Waals surface area (Å²) in [5, 5.41) is 4.34. The Labute approximate surface area is 104 Å². The first-order chi connectivity index (χ1) is 8.36. The van der Waals surface area contributed by atoms with Gasteiger partial charge in [0.15, 0.2) is 11.5 Å². The van der Waals surface area contributed by atoms with Crippen LogP contribution in [0.2, 0.25) is 0 Å². The number of ether oxygens (including phenoxy) is 2. The van der Waals surface area contributed by atoms with Crippen molar-refractivity contribution in [3.63, 3.8) is 0 Å². The van der Waals surface area contributed by atoms with E-state index in [-0.39, 0.29) is 0 Å². The molecule has 0 atom stereocenters. The van der Waals surface area contributed by atoms with Crippen molar-refractivity contribution >= 4 is 11.6 Å². The molecule has 0 aliphatic carbocycles. The Hall–Kier alpha value is -1.68. The highest BCUT2D eigenvalue weighted by atomic mass is 35.5. The van der Waals surface area contributed by atoms with Crippen molar-refractivity contribution < 1.29 is 9.47 Å². The highest BCUT2D eigenvalue weighted by Gasteiger charge is 2.12. The Morgan fingerprint density at radius 3 is 2.76 bits per heavy atom. The van der Waals surface area contributed by atoms with Gasteiger partial charge in [0, 0.05) is 12.3 Å². The van der Waals surface area contributed by atoms with Gasteiger partial charge >= 0.3 is 0 Å². The lowest BCUT2D eigenvalue weighted by Gasteiger charge is -2.18. The fourth-order valence-electron chi connectivity index (χ4n) is 1.75. The van der Waals surface area contributed by atoms with Crippen LogP contribution >= 0.6 is 11.6 Å². The van der Waals surface area contributed by atoms with Gasteiger partial charge in [0.1, 0.15) is 13.2 Å². The summed E-state index contributed by atoms with van der Waals surface area (Å²) < 4.78 is 12.8. The third-order valence-corrected chi connectivity index (χ3v) is 2.85. The number of aromatic nitrogens is 2. The summed E-state index contributed by atoms with van der Waals surface area (Å²) >= 11 is 5.72. The van der Waals surface area contributed by atoms with Crippen LogP contribution in [-0.2, 0) is 5.88 Å². The van der Waals surface area contributed by atoms with Gasteiger partial charge in [-0.1, -0.05) is 0 Å². The van der Waals surface area contributed by atoms with E-state index in [1.54, 1.807) is 4.68 Å². The van der Waals surface area contributed by atoms with E-state index in [1.165, 1.54) is 0 Å². The number of alkyl halides is 1. The molecule has 1 aromatic carbocycles. The molecule has 2 aromatic rings. The molecule has 1 aromatic heterocycles. The zero-order valence-electron chi connectivity index (χ0n) is 9.10. The molecule has 5 heteroatoms. The molecule has 1 aliphatic heterocycles. The minimum Gasteiger partial charge on any atom is -0.486 e. The minimum absolute atomic E-state index is 0.414. The number of hydrogen-bond donors (Lipinski definition) is 0. The molecule has 0 bridgehead atoms. The summed E-state index contributed by atoms with van der Waals surface area (Å²) in [7, 11) is 0. The molecule has 0 N–H and O–H groups in total. The summed E-state index contributed by atoms with van der Waals surface area (Å²) in [6.07, 6.45) is 1.88. The standard InChI is InChI=1S/C12H11ClN2O2/c13-8-9-3-4-15(14-9)10-1-2-11-12(7-10)17-6-5-16-11/h1-4,7H,5-6,8H2. The Bertz CT molecular complexity index is 539. The summed E-state index contributed by atoms with van der Waals surface area (Å²) in [6.45, 7) is 1.19. The molecular formula is C12H11ClN2O2. The van der Waals surface area contributed by atoms with E-state index in [0.717, 1.165) is 22.9 Å². The van der Waals surface area contributed by atoms with E-state index in [2.05, 4.69) is 5.10 Å². The van der Waals surface area contributed by atoms with Gasteiger partial charge in [0.05, 0.1) is 17.3 Å². The molecule has 0 spiro atoms. The molecule has 1 aliphatic rings. The van der Waals surface area contributed by atoms with Crippen molar-refractivity contribution in [1.82, 2.24) is 9.78 Å². The smallest absolute Gasteiger partial charge is 0.163 e. The molecular weight excluding hydrogens is 240 g/mol. The molecule has 0 saturated carbocycles. The van der Waals surface area contributed by atoms with Crippen molar-refractivity contribution in [3.8, 4) is 17.2 Å². The van der Waals surface area contributed by atoms with Crippen LogP contribution in [0.25, 0.3) is 5.69 Å². The molecule has 17 heavy (non-hydrogen) atoms. The normalized spacial score (nSPS) is 13.7. The second-order valence-corrected chi connectivity index (χ2v) is 3.98. The summed E-state index contributed by atoms with van der Waals surface area (Å²) in [6, 6.07) is 7.65. The van der Waals surface area contributed by atoms with Crippen LogP contribution in [0, 0.1) is 0 Å². The predicted octanol–water partition coefficient (Wildman–Crippen LogP) is 2.38. The fourth-order valence-corrected chi connectivity index (χ4v) is 1.89. The molecule has 0 radical (unpaired) electrons. The Balaban J connectivity index is 1.97. The highest BCUT2D eigenvalue weighted by Crippen LogP contribution is 2.31. The average Bonchev–Trinajstić information content (AvgIpc) is 2.87. The second kappa shape index (κ2) is 4.30. The van der Waals surface area contributed by atoms with Gasteiger partial charge < -0.3 is 9.47 Å². The Kier molecular flexibility index (Phi) is 2.65. The highest BCUT2D eigenvalue weighted by molar-refractivity contribution is 6.16. The molecule has 0 fully saturated rings. The van der Waals surface area contributed by atoms with Crippen LogP contribution in [0.1, 0.15) is 5.69 Å². The number of benzene rings is 1. The fraction of sp³-hybridized carbons (Fsp3) is 0.250. The van der Waals surface area contributed by atoms with Crippen molar-refractivity contribution in [2.75, 3.05) is 13.2 Å². The van der Waals surface area contributed by atoms with Crippen LogP contribution in [0.3, 0.4) is 0 Å². The summed E-state index contributed by atoms with van der Waals surface area (Å²) in [4.78, 5) is 0. The van der Waals surface area contributed by atoms with Gasteiger partial charge in [-0.3, -0.25) is 0 Å². The summed E-state index contributed by atoms with van der Waals surface area (Å²) in [5.74, 6) is 1.96. The van der Waals surface area contributed by atoms with Crippen molar-refractivity contribution in [2.45, 2.75) is 5.88 Å². The first-order valence-corrected chi connectivity index (χ1v) is 5.91. The molecule has 3 rings (SSSR count). The van der Waals surface area contributed by atoms with Crippen LogP contribution < -0.4 is 9.47 Å². The van der Waals surface area contributed by atoms with Gasteiger partial charge in [-0.2, -0.15) is 5.10 Å². The topological polar surface area (TPSA) is 36.3 Å². The lowest BCUT2D eigenvalue weighted by atomic mass is 10.2. The molecule has 0 amide bonds. The van der Waals surface area contributed by atoms with Crippen LogP contribution in [-0.4, -0.2) is 23.0 Å². The molecule has 2 heterocycles. The molecule has 4 nitrogen and oxygen atoms in total. The average molecular weight is 251 g/mol. The number of nitrogens with zero attached hydrogens (tertiary/aromatic N) is 2. The third kappa shape index (κ3) is 1.96. The zero-order valence-corrected chi connectivity index (χ0v) is 9.85. The van der Waals surface area contributed by atoms with Crippen LogP contribution in [0.5, 0.6) is 11.5 Å². The maximum absolute atomic E-state index is 5.72. The monoisotopic (exact) mass is 250 g/mol. The summed E-state index contributed by atoms with van der Waals surface area (Å²) in [5.41, 5.74) is 1.78. The SMILES string of the molecule is ClCc1ccn(-c2ccc3c(c2)OCCO3)n1. The van der Waals surface area contributed by atoms with Crippen molar-refractivity contribution in [1.29, 1.82) is 0 Å². The zero-order chi connectivity index (χ0) is 11.7.